The number of aromatic nitrogens is 2. The summed E-state index contributed by atoms with van der Waals surface area (Å²) in [7, 11) is 0. The molecule has 1 aromatic rings. The summed E-state index contributed by atoms with van der Waals surface area (Å²) >= 11 is 0. The molecule has 2 heterocycles. The van der Waals surface area contributed by atoms with Gasteiger partial charge in [0.25, 0.3) is 0 Å². The minimum Gasteiger partial charge on any atom is -0.396 e. The quantitative estimate of drug-likeness (QED) is 0.579. The van der Waals surface area contributed by atoms with Crippen LogP contribution in [0, 0.1) is 16.0 Å². The van der Waals surface area contributed by atoms with Crippen LogP contribution < -0.4 is 10.2 Å². The highest BCUT2D eigenvalue weighted by Gasteiger charge is 2.29. The number of hydrogen-bond donors (Lipinski definition) is 2. The Labute approximate surface area is 123 Å². The van der Waals surface area contributed by atoms with Gasteiger partial charge in [-0.05, 0) is 25.2 Å². The van der Waals surface area contributed by atoms with Gasteiger partial charge >= 0.3 is 5.69 Å². The van der Waals surface area contributed by atoms with E-state index in [2.05, 4.69) is 15.3 Å². The van der Waals surface area contributed by atoms with Crippen LogP contribution in [0.25, 0.3) is 0 Å². The van der Waals surface area contributed by atoms with Gasteiger partial charge in [-0.2, -0.15) is 4.98 Å². The predicted octanol–water partition coefficient (Wildman–Crippen LogP) is 1.42. The maximum atomic E-state index is 11.1. The van der Waals surface area contributed by atoms with Crippen molar-refractivity contribution in [3.63, 3.8) is 0 Å². The highest BCUT2D eigenvalue weighted by atomic mass is 16.6. The third kappa shape index (κ3) is 3.78. The Morgan fingerprint density at radius 1 is 1.62 bits per heavy atom. The maximum absolute atomic E-state index is 11.1. The number of rotatable bonds is 7. The summed E-state index contributed by atoms with van der Waals surface area (Å²) in [6.45, 7) is 4.30. The lowest BCUT2D eigenvalue weighted by molar-refractivity contribution is -0.384. The van der Waals surface area contributed by atoms with Crippen LogP contribution in [0.4, 0.5) is 17.5 Å². The number of aliphatic hydroxyl groups is 1. The zero-order valence-corrected chi connectivity index (χ0v) is 12.2. The molecule has 0 aromatic carbocycles. The lowest BCUT2D eigenvalue weighted by atomic mass is 10.1. The van der Waals surface area contributed by atoms with Gasteiger partial charge in [-0.15, -0.1) is 0 Å². The molecule has 8 nitrogen and oxygen atoms in total. The molecule has 116 valence electrons. The third-order valence-electron chi connectivity index (χ3n) is 3.60. The molecule has 1 fully saturated rings. The Balaban J connectivity index is 2.20. The van der Waals surface area contributed by atoms with Crippen molar-refractivity contribution < 1.29 is 10.0 Å². The van der Waals surface area contributed by atoms with E-state index in [4.69, 9.17) is 5.11 Å². The first-order valence-corrected chi connectivity index (χ1v) is 7.26. The van der Waals surface area contributed by atoms with Gasteiger partial charge in [0.2, 0.25) is 11.8 Å². The van der Waals surface area contributed by atoms with Crippen LogP contribution >= 0.6 is 0 Å². The molecule has 0 bridgehead atoms. The van der Waals surface area contributed by atoms with Crippen LogP contribution in [0.1, 0.15) is 26.2 Å². The molecule has 0 amide bonds. The van der Waals surface area contributed by atoms with Crippen molar-refractivity contribution in [2.45, 2.75) is 26.2 Å². The first kappa shape index (κ1) is 15.4. The fourth-order valence-corrected chi connectivity index (χ4v) is 2.49. The van der Waals surface area contributed by atoms with Crippen molar-refractivity contribution in [3.8, 4) is 0 Å². The van der Waals surface area contributed by atoms with Gasteiger partial charge < -0.3 is 15.3 Å². The SMILES string of the molecule is CCCNc1ncc([N+](=O)[O-])c(N2CCC(CCO)C2)n1. The molecule has 0 radical (unpaired) electrons. The van der Waals surface area contributed by atoms with E-state index in [0.717, 1.165) is 32.4 Å². The van der Waals surface area contributed by atoms with E-state index in [1.165, 1.54) is 6.20 Å². The van der Waals surface area contributed by atoms with E-state index < -0.39 is 4.92 Å². The zero-order valence-electron chi connectivity index (χ0n) is 12.2. The zero-order chi connectivity index (χ0) is 15.2. The predicted molar refractivity (Wildman–Crippen MR) is 79.5 cm³/mol. The number of anilines is 2. The summed E-state index contributed by atoms with van der Waals surface area (Å²) in [5, 5.41) is 23.2. The monoisotopic (exact) mass is 295 g/mol. The molecule has 1 aliphatic heterocycles. The van der Waals surface area contributed by atoms with E-state index in [1.807, 2.05) is 11.8 Å². The fourth-order valence-electron chi connectivity index (χ4n) is 2.49. The van der Waals surface area contributed by atoms with E-state index in [-0.39, 0.29) is 12.3 Å². The van der Waals surface area contributed by atoms with E-state index in [9.17, 15) is 10.1 Å². The van der Waals surface area contributed by atoms with Gasteiger partial charge in [-0.25, -0.2) is 4.98 Å². The van der Waals surface area contributed by atoms with E-state index in [1.54, 1.807) is 0 Å². The molecule has 1 saturated heterocycles. The van der Waals surface area contributed by atoms with Crippen LogP contribution in [-0.2, 0) is 0 Å². The summed E-state index contributed by atoms with van der Waals surface area (Å²) in [6, 6.07) is 0. The Morgan fingerprint density at radius 2 is 2.43 bits per heavy atom. The molecule has 2 rings (SSSR count). The van der Waals surface area contributed by atoms with Gasteiger partial charge in [-0.3, -0.25) is 10.1 Å². The Hall–Kier alpha value is -1.96. The number of aliphatic hydroxyl groups excluding tert-OH is 1. The lowest BCUT2D eigenvalue weighted by Crippen LogP contribution is -2.23. The summed E-state index contributed by atoms with van der Waals surface area (Å²) in [6.07, 6.45) is 3.83. The molecule has 1 atom stereocenters. The molecule has 21 heavy (non-hydrogen) atoms. The average Bonchev–Trinajstić information content (AvgIpc) is 2.93. The summed E-state index contributed by atoms with van der Waals surface area (Å²) < 4.78 is 0. The van der Waals surface area contributed by atoms with Crippen LogP contribution in [-0.4, -0.2) is 46.2 Å². The maximum Gasteiger partial charge on any atom is 0.329 e. The molecular formula is C13H21N5O3. The summed E-state index contributed by atoms with van der Waals surface area (Å²) in [5.74, 6) is 1.15. The van der Waals surface area contributed by atoms with Crippen molar-refractivity contribution >= 4 is 17.5 Å². The minimum atomic E-state index is -0.446. The smallest absolute Gasteiger partial charge is 0.329 e. The highest BCUT2D eigenvalue weighted by Crippen LogP contribution is 2.31. The molecule has 1 unspecified atom stereocenters. The van der Waals surface area contributed by atoms with E-state index in [0.29, 0.717) is 24.2 Å². The number of nitrogens with zero attached hydrogens (tertiary/aromatic N) is 4. The minimum absolute atomic E-state index is 0.0679. The first-order chi connectivity index (χ1) is 10.2. The molecule has 1 aliphatic rings. The number of hydrogen-bond acceptors (Lipinski definition) is 7. The molecule has 0 spiro atoms. The van der Waals surface area contributed by atoms with Crippen molar-refractivity contribution in [2.24, 2.45) is 5.92 Å². The summed E-state index contributed by atoms with van der Waals surface area (Å²) in [4.78, 5) is 20.9. The molecule has 0 saturated carbocycles. The van der Waals surface area contributed by atoms with Gasteiger partial charge in [-0.1, -0.05) is 6.92 Å². The van der Waals surface area contributed by atoms with Crippen molar-refractivity contribution in [3.05, 3.63) is 16.3 Å². The summed E-state index contributed by atoms with van der Waals surface area (Å²) in [5.41, 5.74) is -0.0679. The van der Waals surface area contributed by atoms with Gasteiger partial charge in [0, 0.05) is 26.2 Å². The standard InChI is InChI=1S/C13H21N5O3/c1-2-5-14-13-15-8-11(18(20)21)12(16-13)17-6-3-10(9-17)4-7-19/h8,10,19H,2-7,9H2,1H3,(H,14,15,16). The largest absolute Gasteiger partial charge is 0.396 e. The van der Waals surface area contributed by atoms with Crippen molar-refractivity contribution in [1.82, 2.24) is 9.97 Å². The van der Waals surface area contributed by atoms with Crippen LogP contribution in [0.3, 0.4) is 0 Å². The highest BCUT2D eigenvalue weighted by molar-refractivity contribution is 5.59. The Bertz CT molecular complexity index is 497. The van der Waals surface area contributed by atoms with Gasteiger partial charge in [0.05, 0.1) is 4.92 Å². The lowest BCUT2D eigenvalue weighted by Gasteiger charge is -2.17. The van der Waals surface area contributed by atoms with Gasteiger partial charge in [0.15, 0.2) is 0 Å². The van der Waals surface area contributed by atoms with Crippen LogP contribution in [0.5, 0.6) is 0 Å². The van der Waals surface area contributed by atoms with Crippen molar-refractivity contribution in [2.75, 3.05) is 36.5 Å². The molecule has 2 N–H and O–H groups in total. The number of nitro groups is 1. The molecule has 0 aliphatic carbocycles. The number of nitrogens with one attached hydrogen (secondary N) is 1. The van der Waals surface area contributed by atoms with Crippen LogP contribution in [0.15, 0.2) is 6.20 Å². The second-order valence-electron chi connectivity index (χ2n) is 5.20. The van der Waals surface area contributed by atoms with E-state index >= 15 is 0 Å². The topological polar surface area (TPSA) is 104 Å². The normalized spacial score (nSPS) is 18.0. The second-order valence-corrected chi connectivity index (χ2v) is 5.20. The molecule has 1 aromatic heterocycles. The average molecular weight is 295 g/mol. The van der Waals surface area contributed by atoms with Crippen LogP contribution in [0.2, 0.25) is 0 Å². The third-order valence-corrected chi connectivity index (χ3v) is 3.60. The Kier molecular flexibility index (Phi) is 5.26. The van der Waals surface area contributed by atoms with Crippen molar-refractivity contribution in [1.29, 1.82) is 0 Å². The first-order valence-electron chi connectivity index (χ1n) is 7.26. The second kappa shape index (κ2) is 7.16. The molecular weight excluding hydrogens is 274 g/mol. The Morgan fingerprint density at radius 3 is 3.10 bits per heavy atom. The fraction of sp³-hybridized carbons (Fsp3) is 0.692. The van der Waals surface area contributed by atoms with Gasteiger partial charge in [0.1, 0.15) is 6.20 Å². The molecule has 8 heteroatoms.